The van der Waals surface area contributed by atoms with E-state index < -0.39 is 0 Å². The van der Waals surface area contributed by atoms with Gasteiger partial charge in [-0.15, -0.1) is 0 Å². The van der Waals surface area contributed by atoms with Crippen LogP contribution in [0.15, 0.2) is 0 Å². The topological polar surface area (TPSA) is 26.0 Å². The van der Waals surface area contributed by atoms with Gasteiger partial charge in [-0.25, -0.2) is 0 Å². The van der Waals surface area contributed by atoms with Gasteiger partial charge in [0.1, 0.15) is 0 Å². The van der Waals surface area contributed by atoms with Gasteiger partial charge in [0.05, 0.1) is 0 Å². The predicted octanol–water partition coefficient (Wildman–Crippen LogP) is 3.33. The Balaban J connectivity index is 3.48. The van der Waals surface area contributed by atoms with Crippen LogP contribution in [0.4, 0.5) is 0 Å². The second-order valence-corrected chi connectivity index (χ2v) is 4.00. The quantitative estimate of drug-likeness (QED) is 0.624. The summed E-state index contributed by atoms with van der Waals surface area (Å²) in [6.07, 6.45) is 7.96. The highest BCUT2D eigenvalue weighted by Gasteiger charge is 2.07. The molecule has 2 N–H and O–H groups in total. The van der Waals surface area contributed by atoms with Crippen LogP contribution in [-0.2, 0) is 0 Å². The summed E-state index contributed by atoms with van der Waals surface area (Å²) in [5.41, 5.74) is 5.73. The van der Waals surface area contributed by atoms with Gasteiger partial charge in [-0.05, 0) is 25.7 Å². The van der Waals surface area contributed by atoms with Crippen molar-refractivity contribution in [2.45, 2.75) is 65.3 Å². The smallest absolute Gasteiger partial charge is 0.00105 e. The lowest BCUT2D eigenvalue weighted by atomic mass is 9.92. The van der Waals surface area contributed by atoms with Crippen molar-refractivity contribution < 1.29 is 0 Å². The summed E-state index contributed by atoms with van der Waals surface area (Å²) >= 11 is 0. The Morgan fingerprint density at radius 2 is 1.42 bits per heavy atom. The molecule has 0 radical (unpaired) electrons. The molecule has 1 heteroatoms. The Hall–Kier alpha value is -0.0400. The lowest BCUT2D eigenvalue weighted by molar-refractivity contribution is 0.387. The molecule has 0 aromatic heterocycles. The van der Waals surface area contributed by atoms with Crippen molar-refractivity contribution >= 4 is 0 Å². The normalized spacial score (nSPS) is 13.8. The van der Waals surface area contributed by atoms with Crippen molar-refractivity contribution in [3.05, 3.63) is 0 Å². The molecule has 0 fully saturated rings. The highest BCUT2D eigenvalue weighted by atomic mass is 14.6. The minimum absolute atomic E-state index is 0.390. The molecule has 12 heavy (non-hydrogen) atoms. The summed E-state index contributed by atoms with van der Waals surface area (Å²) in [6, 6.07) is 0.390. The van der Waals surface area contributed by atoms with Gasteiger partial charge in [0.25, 0.3) is 0 Å². The molecule has 0 unspecified atom stereocenters. The third kappa shape index (κ3) is 6.66. The van der Waals surface area contributed by atoms with E-state index in [0.29, 0.717) is 6.04 Å². The largest absolute Gasteiger partial charge is 0.328 e. The fourth-order valence-electron chi connectivity index (χ4n) is 1.75. The van der Waals surface area contributed by atoms with Crippen molar-refractivity contribution in [3.8, 4) is 0 Å². The summed E-state index contributed by atoms with van der Waals surface area (Å²) in [5.74, 6) is 0.936. The Kier molecular flexibility index (Phi) is 7.58. The molecule has 0 aliphatic rings. The van der Waals surface area contributed by atoms with Crippen LogP contribution < -0.4 is 5.73 Å². The van der Waals surface area contributed by atoms with E-state index in [-0.39, 0.29) is 0 Å². The second kappa shape index (κ2) is 7.60. The Bertz CT molecular complexity index is 83.0. The van der Waals surface area contributed by atoms with Crippen molar-refractivity contribution in [1.29, 1.82) is 0 Å². The maximum Gasteiger partial charge on any atom is 0.00105 e. The van der Waals surface area contributed by atoms with Gasteiger partial charge in [0.2, 0.25) is 0 Å². The third-order valence-corrected chi connectivity index (χ3v) is 2.42. The molecule has 1 nitrogen and oxygen atoms in total. The van der Waals surface area contributed by atoms with Crippen LogP contribution in [0.2, 0.25) is 0 Å². The number of hydrogen-bond donors (Lipinski definition) is 1. The van der Waals surface area contributed by atoms with Crippen LogP contribution in [-0.4, -0.2) is 6.04 Å². The fourth-order valence-corrected chi connectivity index (χ4v) is 1.75. The average molecular weight is 171 g/mol. The first-order valence-electron chi connectivity index (χ1n) is 5.46. The van der Waals surface area contributed by atoms with E-state index in [1.807, 2.05) is 0 Å². The van der Waals surface area contributed by atoms with Crippen LogP contribution in [0.1, 0.15) is 59.3 Å². The minimum atomic E-state index is 0.390. The number of hydrogen-bond acceptors (Lipinski definition) is 1. The summed E-state index contributed by atoms with van der Waals surface area (Å²) in [5, 5.41) is 0. The van der Waals surface area contributed by atoms with Crippen LogP contribution >= 0.6 is 0 Å². The molecular weight excluding hydrogens is 146 g/mol. The van der Waals surface area contributed by atoms with Crippen molar-refractivity contribution in [1.82, 2.24) is 0 Å². The molecule has 1 atom stereocenters. The van der Waals surface area contributed by atoms with Crippen LogP contribution in [0.5, 0.6) is 0 Å². The summed E-state index contributed by atoms with van der Waals surface area (Å²) in [7, 11) is 0. The Morgan fingerprint density at radius 1 is 0.917 bits per heavy atom. The van der Waals surface area contributed by atoms with E-state index in [4.69, 9.17) is 5.73 Å². The molecule has 0 amide bonds. The summed E-state index contributed by atoms with van der Waals surface area (Å²) < 4.78 is 0. The SMILES string of the molecule is CCCC(CCC)CC[C@H](C)N. The Labute approximate surface area is 77.7 Å². The molecular formula is C11H25N. The van der Waals surface area contributed by atoms with E-state index in [0.717, 1.165) is 5.92 Å². The van der Waals surface area contributed by atoms with Crippen molar-refractivity contribution in [2.24, 2.45) is 11.7 Å². The van der Waals surface area contributed by atoms with Crippen molar-refractivity contribution in [3.63, 3.8) is 0 Å². The lowest BCUT2D eigenvalue weighted by Gasteiger charge is -2.15. The molecule has 74 valence electrons. The summed E-state index contributed by atoms with van der Waals surface area (Å²) in [4.78, 5) is 0. The van der Waals surface area contributed by atoms with Gasteiger partial charge in [-0.3, -0.25) is 0 Å². The zero-order chi connectivity index (χ0) is 9.40. The molecule has 0 heterocycles. The molecule has 0 aliphatic heterocycles. The van der Waals surface area contributed by atoms with E-state index >= 15 is 0 Å². The molecule has 0 rings (SSSR count). The maximum atomic E-state index is 5.73. The molecule has 0 bridgehead atoms. The average Bonchev–Trinajstić information content (AvgIpc) is 2.01. The van der Waals surface area contributed by atoms with E-state index in [1.54, 1.807) is 0 Å². The monoisotopic (exact) mass is 171 g/mol. The lowest BCUT2D eigenvalue weighted by Crippen LogP contribution is -2.16. The number of nitrogens with two attached hydrogens (primary N) is 1. The van der Waals surface area contributed by atoms with Gasteiger partial charge in [-0.1, -0.05) is 39.5 Å². The van der Waals surface area contributed by atoms with Crippen LogP contribution in [0.25, 0.3) is 0 Å². The first kappa shape index (κ1) is 12.0. The molecule has 0 saturated carbocycles. The highest BCUT2D eigenvalue weighted by molar-refractivity contribution is 4.62. The summed E-state index contributed by atoms with van der Waals surface area (Å²) in [6.45, 7) is 6.65. The van der Waals surface area contributed by atoms with E-state index in [1.165, 1.54) is 38.5 Å². The first-order valence-corrected chi connectivity index (χ1v) is 5.46. The number of rotatable bonds is 7. The first-order chi connectivity index (χ1) is 5.70. The van der Waals surface area contributed by atoms with Gasteiger partial charge in [-0.2, -0.15) is 0 Å². The van der Waals surface area contributed by atoms with Gasteiger partial charge < -0.3 is 5.73 Å². The minimum Gasteiger partial charge on any atom is -0.328 e. The van der Waals surface area contributed by atoms with E-state index in [2.05, 4.69) is 20.8 Å². The molecule has 0 aromatic carbocycles. The van der Waals surface area contributed by atoms with Crippen LogP contribution in [0.3, 0.4) is 0 Å². The van der Waals surface area contributed by atoms with E-state index in [9.17, 15) is 0 Å². The fraction of sp³-hybridized carbons (Fsp3) is 1.00. The van der Waals surface area contributed by atoms with Gasteiger partial charge in [0, 0.05) is 6.04 Å². The third-order valence-electron chi connectivity index (χ3n) is 2.42. The highest BCUT2D eigenvalue weighted by Crippen LogP contribution is 2.19. The Morgan fingerprint density at radius 3 is 1.75 bits per heavy atom. The van der Waals surface area contributed by atoms with Gasteiger partial charge in [0.15, 0.2) is 0 Å². The zero-order valence-corrected chi connectivity index (χ0v) is 8.97. The standard InChI is InChI=1S/C11H25N/c1-4-6-11(7-5-2)9-8-10(3)12/h10-11H,4-9,12H2,1-3H3/t10-/m0/s1. The second-order valence-electron chi connectivity index (χ2n) is 4.00. The van der Waals surface area contributed by atoms with Crippen molar-refractivity contribution in [2.75, 3.05) is 0 Å². The van der Waals surface area contributed by atoms with Gasteiger partial charge >= 0.3 is 0 Å². The maximum absolute atomic E-state index is 5.73. The molecule has 0 spiro atoms. The zero-order valence-electron chi connectivity index (χ0n) is 8.97. The molecule has 0 aliphatic carbocycles. The molecule has 0 saturated heterocycles. The van der Waals surface area contributed by atoms with Crippen LogP contribution in [0, 0.1) is 5.92 Å². The predicted molar refractivity (Wildman–Crippen MR) is 56.2 cm³/mol. The molecule has 0 aromatic rings.